The SMILES string of the molecule is CC(C)C(=O)C(C)C.CC(C)NC(C)C.CC(C)N[C@@H](C)C(=O)NC(C)C(=O)C(C)C. The third-order valence-corrected chi connectivity index (χ3v) is 4.14. The molecule has 0 radical (unpaired) electrons. The van der Waals surface area contributed by atoms with E-state index >= 15 is 0 Å². The van der Waals surface area contributed by atoms with Gasteiger partial charge < -0.3 is 16.0 Å². The van der Waals surface area contributed by atoms with Crippen LogP contribution >= 0.6 is 0 Å². The minimum absolute atomic E-state index is 0.0522. The van der Waals surface area contributed by atoms with Crippen LogP contribution in [0.3, 0.4) is 0 Å². The van der Waals surface area contributed by atoms with Gasteiger partial charge in [-0.1, -0.05) is 83.1 Å². The predicted molar refractivity (Wildman–Crippen MR) is 133 cm³/mol. The number of carbonyl (C=O) groups excluding carboxylic acids is 3. The summed E-state index contributed by atoms with van der Waals surface area (Å²) in [6.45, 7) is 27.5. The molecule has 6 nitrogen and oxygen atoms in total. The quantitative estimate of drug-likeness (QED) is 0.467. The molecule has 0 spiro atoms. The summed E-state index contributed by atoms with van der Waals surface area (Å²) in [5.74, 6) is 0.638. The number of hydrogen-bond donors (Lipinski definition) is 3. The van der Waals surface area contributed by atoms with E-state index in [-0.39, 0.29) is 41.5 Å². The molecule has 0 saturated heterocycles. The molecule has 2 atom stereocenters. The van der Waals surface area contributed by atoms with Gasteiger partial charge >= 0.3 is 0 Å². The Kier molecular flexibility index (Phi) is 20.3. The smallest absolute Gasteiger partial charge is 0.237 e. The maximum absolute atomic E-state index is 11.7. The van der Waals surface area contributed by atoms with Gasteiger partial charge in [0.05, 0.1) is 12.1 Å². The molecule has 1 unspecified atom stereocenters. The minimum Gasteiger partial charge on any atom is -0.345 e. The van der Waals surface area contributed by atoms with Gasteiger partial charge in [-0.15, -0.1) is 0 Å². The lowest BCUT2D eigenvalue weighted by Gasteiger charge is -2.20. The molecule has 1 amide bonds. The molecule has 0 aromatic rings. The van der Waals surface area contributed by atoms with Gasteiger partial charge in [0.2, 0.25) is 5.91 Å². The molecule has 0 aliphatic rings. The first-order chi connectivity index (χ1) is 13.9. The van der Waals surface area contributed by atoms with Gasteiger partial charge in [-0.05, 0) is 13.8 Å². The third kappa shape index (κ3) is 21.7. The van der Waals surface area contributed by atoms with Crippen LogP contribution in [0.25, 0.3) is 0 Å². The number of carbonyl (C=O) groups is 3. The lowest BCUT2D eigenvalue weighted by Crippen LogP contribution is -2.50. The molecule has 0 rings (SSSR count). The summed E-state index contributed by atoms with van der Waals surface area (Å²) in [6.07, 6.45) is 0. The second kappa shape index (κ2) is 18.3. The van der Waals surface area contributed by atoms with Crippen molar-refractivity contribution in [3.63, 3.8) is 0 Å². The average molecular weight is 444 g/mol. The van der Waals surface area contributed by atoms with Crippen molar-refractivity contribution in [1.29, 1.82) is 0 Å². The number of nitrogens with one attached hydrogen (secondary N) is 3. The molecular weight excluding hydrogens is 390 g/mol. The van der Waals surface area contributed by atoms with Crippen LogP contribution in [0.15, 0.2) is 0 Å². The lowest BCUT2D eigenvalue weighted by molar-refractivity contribution is -0.129. The van der Waals surface area contributed by atoms with E-state index in [1.165, 1.54) is 0 Å². The molecular formula is C25H53N3O3. The molecule has 0 saturated carbocycles. The summed E-state index contributed by atoms with van der Waals surface area (Å²) in [4.78, 5) is 34.1. The van der Waals surface area contributed by atoms with E-state index in [4.69, 9.17) is 0 Å². The third-order valence-electron chi connectivity index (χ3n) is 4.14. The maximum Gasteiger partial charge on any atom is 0.237 e. The van der Waals surface area contributed by atoms with Gasteiger partial charge in [-0.2, -0.15) is 0 Å². The average Bonchev–Trinajstić information content (AvgIpc) is 2.59. The summed E-state index contributed by atoms with van der Waals surface area (Å²) in [5.41, 5.74) is 0. The van der Waals surface area contributed by atoms with Crippen molar-refractivity contribution < 1.29 is 14.4 Å². The highest BCUT2D eigenvalue weighted by Gasteiger charge is 2.21. The monoisotopic (exact) mass is 443 g/mol. The molecule has 6 heteroatoms. The first kappa shape index (κ1) is 34.3. The van der Waals surface area contributed by atoms with Gasteiger partial charge in [-0.25, -0.2) is 0 Å². The van der Waals surface area contributed by atoms with Crippen molar-refractivity contribution >= 4 is 17.5 Å². The Bertz CT molecular complexity index is 482. The summed E-state index contributed by atoms with van der Waals surface area (Å²) in [7, 11) is 0. The summed E-state index contributed by atoms with van der Waals surface area (Å²) >= 11 is 0. The zero-order valence-electron chi connectivity index (χ0n) is 22.8. The first-order valence-electron chi connectivity index (χ1n) is 11.8. The number of amides is 1. The van der Waals surface area contributed by atoms with E-state index in [1.807, 2.05) is 55.4 Å². The van der Waals surface area contributed by atoms with Crippen LogP contribution in [-0.4, -0.2) is 47.7 Å². The van der Waals surface area contributed by atoms with Crippen molar-refractivity contribution in [1.82, 2.24) is 16.0 Å². The summed E-state index contributed by atoms with van der Waals surface area (Å²) < 4.78 is 0. The second-order valence-electron chi connectivity index (χ2n) is 10.0. The zero-order valence-corrected chi connectivity index (χ0v) is 22.8. The fourth-order valence-corrected chi connectivity index (χ4v) is 2.82. The van der Waals surface area contributed by atoms with Crippen molar-refractivity contribution in [2.75, 3.05) is 0 Å². The highest BCUT2D eigenvalue weighted by atomic mass is 16.2. The molecule has 0 aromatic carbocycles. The predicted octanol–water partition coefficient (Wildman–Crippen LogP) is 4.36. The lowest BCUT2D eigenvalue weighted by atomic mass is 9.99. The van der Waals surface area contributed by atoms with Gasteiger partial charge in [0.15, 0.2) is 5.78 Å². The van der Waals surface area contributed by atoms with Gasteiger partial charge in [0.25, 0.3) is 0 Å². The molecule has 31 heavy (non-hydrogen) atoms. The van der Waals surface area contributed by atoms with Crippen LogP contribution in [0.4, 0.5) is 0 Å². The van der Waals surface area contributed by atoms with Crippen molar-refractivity contribution in [2.24, 2.45) is 17.8 Å². The topological polar surface area (TPSA) is 87.3 Å². The number of hydrogen-bond acceptors (Lipinski definition) is 5. The van der Waals surface area contributed by atoms with Crippen molar-refractivity contribution in [3.8, 4) is 0 Å². The molecule has 186 valence electrons. The molecule has 0 aromatic heterocycles. The van der Waals surface area contributed by atoms with Gasteiger partial charge in [0, 0.05) is 35.9 Å². The molecule has 0 bridgehead atoms. The van der Waals surface area contributed by atoms with Crippen molar-refractivity contribution in [3.05, 3.63) is 0 Å². The summed E-state index contributed by atoms with van der Waals surface area (Å²) in [6, 6.07) is 0.809. The fraction of sp³-hybridized carbons (Fsp3) is 0.880. The Labute approximate surface area is 193 Å². The van der Waals surface area contributed by atoms with E-state index < -0.39 is 6.04 Å². The van der Waals surface area contributed by atoms with E-state index in [0.717, 1.165) is 0 Å². The van der Waals surface area contributed by atoms with Crippen LogP contribution in [-0.2, 0) is 14.4 Å². The van der Waals surface area contributed by atoms with E-state index in [1.54, 1.807) is 13.8 Å². The Morgan fingerprint density at radius 1 is 0.452 bits per heavy atom. The van der Waals surface area contributed by atoms with Gasteiger partial charge in [0.1, 0.15) is 5.78 Å². The van der Waals surface area contributed by atoms with E-state index in [0.29, 0.717) is 17.9 Å². The molecule has 0 fully saturated rings. The Hall–Kier alpha value is -1.27. The van der Waals surface area contributed by atoms with Crippen LogP contribution in [0.5, 0.6) is 0 Å². The fourth-order valence-electron chi connectivity index (χ4n) is 2.82. The zero-order chi connectivity index (χ0) is 25.5. The van der Waals surface area contributed by atoms with Crippen LogP contribution < -0.4 is 16.0 Å². The standard InChI is InChI=1S/C12H24N2O2.C7H14O.C6H15N/c1-7(2)11(15)9(5)14-12(16)10(6)13-8(3)4;1-5(2)7(8)6(3)4;1-5(2)7-6(3)4/h7-10,13H,1-6H3,(H,14,16);5-6H,1-4H3;5-7H,1-4H3/t9?,10-;;/m0../s1. The maximum atomic E-state index is 11.7. The highest BCUT2D eigenvalue weighted by molar-refractivity contribution is 5.91. The van der Waals surface area contributed by atoms with Gasteiger partial charge in [-0.3, -0.25) is 14.4 Å². The largest absolute Gasteiger partial charge is 0.345 e. The Morgan fingerprint density at radius 2 is 0.774 bits per heavy atom. The number of Topliss-reactive ketones (excluding diaryl/α,β-unsaturated/α-hetero) is 2. The Balaban J connectivity index is -0.000000435. The Morgan fingerprint density at radius 3 is 0.968 bits per heavy atom. The minimum atomic E-state index is -0.413. The molecule has 3 N–H and O–H groups in total. The summed E-state index contributed by atoms with van der Waals surface area (Å²) in [5, 5.41) is 9.11. The second-order valence-corrected chi connectivity index (χ2v) is 10.0. The highest BCUT2D eigenvalue weighted by Crippen LogP contribution is 2.03. The molecule has 0 aliphatic carbocycles. The van der Waals surface area contributed by atoms with Crippen LogP contribution in [0.1, 0.15) is 96.9 Å². The molecule has 0 heterocycles. The van der Waals surface area contributed by atoms with Crippen LogP contribution in [0, 0.1) is 17.8 Å². The molecule has 0 aliphatic heterocycles. The number of rotatable bonds is 10. The van der Waals surface area contributed by atoms with Crippen molar-refractivity contribution in [2.45, 2.75) is 127 Å². The first-order valence-corrected chi connectivity index (χ1v) is 11.8. The number of ketones is 2. The van der Waals surface area contributed by atoms with Crippen LogP contribution in [0.2, 0.25) is 0 Å². The van der Waals surface area contributed by atoms with E-state index in [2.05, 4.69) is 43.6 Å². The normalized spacial score (nSPS) is 13.0. The van der Waals surface area contributed by atoms with E-state index in [9.17, 15) is 14.4 Å².